The fourth-order valence-electron chi connectivity index (χ4n) is 4.58. The normalized spacial score (nSPS) is 16.0. The molecule has 188 valence electrons. The van der Waals surface area contributed by atoms with Gasteiger partial charge in [-0.3, -0.25) is 14.4 Å². The van der Waals surface area contributed by atoms with Crippen molar-refractivity contribution in [1.29, 1.82) is 0 Å². The molecular formula is C29H26FN3O4. The maximum Gasteiger partial charge on any atom is 0.257 e. The minimum absolute atomic E-state index is 0.137. The van der Waals surface area contributed by atoms with Gasteiger partial charge in [-0.15, -0.1) is 0 Å². The lowest BCUT2D eigenvalue weighted by molar-refractivity contribution is -0.123. The van der Waals surface area contributed by atoms with Crippen LogP contribution >= 0.6 is 0 Å². The fraction of sp³-hybridized carbons (Fsp3) is 0.241. The van der Waals surface area contributed by atoms with Crippen molar-refractivity contribution < 1.29 is 23.2 Å². The summed E-state index contributed by atoms with van der Waals surface area (Å²) in [5.41, 5.74) is 2.04. The molecule has 1 unspecified atom stereocenters. The first-order chi connectivity index (χ1) is 17.7. The molecule has 0 N–H and O–H groups in total. The van der Waals surface area contributed by atoms with Crippen molar-refractivity contribution in [3.63, 3.8) is 0 Å². The van der Waals surface area contributed by atoms with Gasteiger partial charge in [-0.05, 0) is 80.9 Å². The molecule has 5 rings (SSSR count). The van der Waals surface area contributed by atoms with E-state index in [1.807, 2.05) is 45.0 Å². The number of oxazole rings is 1. The van der Waals surface area contributed by atoms with Gasteiger partial charge in [-0.1, -0.05) is 19.1 Å². The Kier molecular flexibility index (Phi) is 6.11. The maximum absolute atomic E-state index is 13.6. The van der Waals surface area contributed by atoms with Gasteiger partial charge >= 0.3 is 0 Å². The SMILES string of the molecule is CCC(C)(C)N(C(=O)c1ccc(F)cc1)C1CC(=O)N(c2ccc(-c3nc4ccccc4o3)cc2)C1=O. The van der Waals surface area contributed by atoms with Gasteiger partial charge in [0.25, 0.3) is 11.8 Å². The van der Waals surface area contributed by atoms with Gasteiger partial charge in [0.15, 0.2) is 5.58 Å². The van der Waals surface area contributed by atoms with Gasteiger partial charge in [0, 0.05) is 16.7 Å². The number of nitrogens with zero attached hydrogens (tertiary/aromatic N) is 3. The van der Waals surface area contributed by atoms with Crippen molar-refractivity contribution >= 4 is 34.5 Å². The number of halogens is 1. The molecule has 7 nitrogen and oxygen atoms in total. The summed E-state index contributed by atoms with van der Waals surface area (Å²) >= 11 is 0. The predicted molar refractivity (Wildman–Crippen MR) is 137 cm³/mol. The van der Waals surface area contributed by atoms with E-state index in [9.17, 15) is 18.8 Å². The molecule has 1 saturated heterocycles. The maximum atomic E-state index is 13.6. The van der Waals surface area contributed by atoms with E-state index < -0.39 is 35.1 Å². The highest BCUT2D eigenvalue weighted by atomic mass is 19.1. The van der Waals surface area contributed by atoms with Crippen LogP contribution in [0.1, 0.15) is 44.0 Å². The van der Waals surface area contributed by atoms with Gasteiger partial charge in [0.05, 0.1) is 12.1 Å². The van der Waals surface area contributed by atoms with E-state index in [0.29, 0.717) is 29.1 Å². The first-order valence-corrected chi connectivity index (χ1v) is 12.1. The van der Waals surface area contributed by atoms with Gasteiger partial charge in [0.1, 0.15) is 17.4 Å². The lowest BCUT2D eigenvalue weighted by Crippen LogP contribution is -2.55. The molecule has 0 aliphatic carbocycles. The number of hydrogen-bond acceptors (Lipinski definition) is 5. The van der Waals surface area contributed by atoms with Crippen molar-refractivity contribution in [2.75, 3.05) is 4.90 Å². The fourth-order valence-corrected chi connectivity index (χ4v) is 4.58. The van der Waals surface area contributed by atoms with Crippen molar-refractivity contribution in [2.45, 2.75) is 45.2 Å². The summed E-state index contributed by atoms with van der Waals surface area (Å²) in [5.74, 6) is -1.32. The van der Waals surface area contributed by atoms with Gasteiger partial charge in [0.2, 0.25) is 11.8 Å². The van der Waals surface area contributed by atoms with Crippen LogP contribution < -0.4 is 4.90 Å². The number of fused-ring (bicyclic) bond motifs is 1. The zero-order valence-electron chi connectivity index (χ0n) is 20.8. The second kappa shape index (κ2) is 9.28. The molecule has 2 heterocycles. The predicted octanol–water partition coefficient (Wildman–Crippen LogP) is 5.60. The van der Waals surface area contributed by atoms with Gasteiger partial charge in [-0.25, -0.2) is 14.3 Å². The molecule has 1 fully saturated rings. The molecule has 3 aromatic carbocycles. The molecule has 8 heteroatoms. The Morgan fingerprint density at radius 1 is 1.05 bits per heavy atom. The molecular weight excluding hydrogens is 473 g/mol. The van der Waals surface area contributed by atoms with E-state index in [1.165, 1.54) is 29.2 Å². The van der Waals surface area contributed by atoms with Crippen LogP contribution in [0.4, 0.5) is 10.1 Å². The number of imide groups is 1. The van der Waals surface area contributed by atoms with Crippen molar-refractivity contribution in [3.05, 3.63) is 84.2 Å². The summed E-state index contributed by atoms with van der Waals surface area (Å²) in [7, 11) is 0. The van der Waals surface area contributed by atoms with Gasteiger partial charge in [-0.2, -0.15) is 0 Å². The largest absolute Gasteiger partial charge is 0.436 e. The highest BCUT2D eigenvalue weighted by Crippen LogP contribution is 2.33. The quantitative estimate of drug-likeness (QED) is 0.323. The Hall–Kier alpha value is -4.33. The third-order valence-electron chi connectivity index (χ3n) is 6.93. The zero-order valence-corrected chi connectivity index (χ0v) is 20.8. The smallest absolute Gasteiger partial charge is 0.257 e. The number of amides is 3. The summed E-state index contributed by atoms with van der Waals surface area (Å²) in [5, 5.41) is 0. The van der Waals surface area contributed by atoms with E-state index in [1.54, 1.807) is 24.3 Å². The first-order valence-electron chi connectivity index (χ1n) is 12.1. The standard InChI is InChI=1S/C29H26FN3O4/c1-4-29(2,3)33(27(35)19-9-13-20(30)14-10-19)23-17-25(34)32(28(23)36)21-15-11-18(12-16-21)26-31-22-7-5-6-8-24(22)37-26/h5-16,23H,4,17H2,1-3H3. The van der Waals surface area contributed by atoms with Crippen LogP contribution in [-0.4, -0.2) is 39.2 Å². The summed E-state index contributed by atoms with van der Waals surface area (Å²) in [6.45, 7) is 5.61. The highest BCUT2D eigenvalue weighted by Gasteiger charge is 2.48. The number of carbonyl (C=O) groups excluding carboxylic acids is 3. The summed E-state index contributed by atoms with van der Waals surface area (Å²) < 4.78 is 19.3. The monoisotopic (exact) mass is 499 g/mol. The van der Waals surface area contributed by atoms with Gasteiger partial charge < -0.3 is 9.32 Å². The third-order valence-corrected chi connectivity index (χ3v) is 6.93. The number of hydrogen-bond donors (Lipinski definition) is 0. The van der Waals surface area contributed by atoms with E-state index in [0.717, 1.165) is 10.4 Å². The molecule has 0 bridgehead atoms. The molecule has 1 atom stereocenters. The van der Waals surface area contributed by atoms with Crippen LogP contribution in [0.25, 0.3) is 22.6 Å². The van der Waals surface area contributed by atoms with Crippen LogP contribution in [0, 0.1) is 5.82 Å². The Balaban J connectivity index is 1.44. The van der Waals surface area contributed by atoms with Crippen molar-refractivity contribution in [3.8, 4) is 11.5 Å². The summed E-state index contributed by atoms with van der Waals surface area (Å²) in [6, 6.07) is 18.5. The molecule has 0 spiro atoms. The number of carbonyl (C=O) groups is 3. The molecule has 1 aromatic heterocycles. The Morgan fingerprint density at radius 3 is 2.38 bits per heavy atom. The van der Waals surface area contributed by atoms with Crippen LogP contribution in [0.2, 0.25) is 0 Å². The van der Waals surface area contributed by atoms with E-state index in [4.69, 9.17) is 4.42 Å². The van der Waals surface area contributed by atoms with Crippen LogP contribution in [0.5, 0.6) is 0 Å². The lowest BCUT2D eigenvalue weighted by atomic mass is 9.94. The van der Waals surface area contributed by atoms with Crippen molar-refractivity contribution in [1.82, 2.24) is 9.88 Å². The summed E-state index contributed by atoms with van der Waals surface area (Å²) in [4.78, 5) is 47.3. The first kappa shape index (κ1) is 24.4. The Labute approximate surface area is 213 Å². The Morgan fingerprint density at radius 2 is 1.73 bits per heavy atom. The van der Waals surface area contributed by atoms with Crippen molar-refractivity contribution in [2.24, 2.45) is 0 Å². The molecule has 4 aromatic rings. The topological polar surface area (TPSA) is 83.7 Å². The van der Waals surface area contributed by atoms with E-state index in [-0.39, 0.29) is 12.0 Å². The third kappa shape index (κ3) is 4.39. The molecule has 0 radical (unpaired) electrons. The second-order valence-corrected chi connectivity index (χ2v) is 9.67. The molecule has 1 aliphatic rings. The van der Waals surface area contributed by atoms with Crippen LogP contribution in [0.15, 0.2) is 77.2 Å². The Bertz CT molecular complexity index is 1460. The highest BCUT2D eigenvalue weighted by molar-refractivity contribution is 6.23. The van der Waals surface area contributed by atoms with Crippen LogP contribution in [-0.2, 0) is 9.59 Å². The number of anilines is 1. The zero-order chi connectivity index (χ0) is 26.3. The number of para-hydroxylation sites is 2. The van der Waals surface area contributed by atoms with E-state index in [2.05, 4.69) is 4.98 Å². The lowest BCUT2D eigenvalue weighted by Gasteiger charge is -2.41. The molecule has 1 aliphatic heterocycles. The average Bonchev–Trinajstić information content (AvgIpc) is 3.45. The molecule has 37 heavy (non-hydrogen) atoms. The van der Waals surface area contributed by atoms with Crippen LogP contribution in [0.3, 0.4) is 0 Å². The second-order valence-electron chi connectivity index (χ2n) is 9.67. The summed E-state index contributed by atoms with van der Waals surface area (Å²) in [6.07, 6.45) is 0.416. The molecule has 3 amide bonds. The average molecular weight is 500 g/mol. The number of aromatic nitrogens is 1. The number of benzene rings is 3. The minimum Gasteiger partial charge on any atom is -0.436 e. The molecule has 0 saturated carbocycles. The van der Waals surface area contributed by atoms with E-state index >= 15 is 0 Å². The number of rotatable bonds is 6. The minimum atomic E-state index is -0.975.